The zero-order valence-electron chi connectivity index (χ0n) is 17.1. The molecule has 31 heavy (non-hydrogen) atoms. The number of aromatic nitrogens is 1. The van der Waals surface area contributed by atoms with Crippen molar-refractivity contribution in [3.05, 3.63) is 45.7 Å². The summed E-state index contributed by atoms with van der Waals surface area (Å²) >= 11 is 0. The van der Waals surface area contributed by atoms with Crippen molar-refractivity contribution < 1.29 is 41.9 Å². The molecule has 0 unspecified atom stereocenters. The van der Waals surface area contributed by atoms with E-state index in [-0.39, 0.29) is 30.5 Å². The summed E-state index contributed by atoms with van der Waals surface area (Å²) in [5.74, 6) is 1.84. The number of ketones is 1. The Morgan fingerprint density at radius 3 is 2.19 bits per heavy atom. The maximum absolute atomic E-state index is 13.5. The normalized spacial score (nSPS) is 13.1. The van der Waals surface area contributed by atoms with E-state index < -0.39 is 0 Å². The number of nitrogens with zero attached hydrogens (tertiary/aromatic N) is 1. The first-order valence-corrected chi connectivity index (χ1v) is 9.69. The SMILES string of the molecule is COc1cc2c3c(n(CCC[NH3+])c(=O)c2cc1OC)-c1cc2c(cc1C3=O)OCO2.[Cl-]. The van der Waals surface area contributed by atoms with E-state index >= 15 is 0 Å². The molecule has 0 spiro atoms. The Bertz CT molecular complexity index is 1280. The van der Waals surface area contributed by atoms with Crippen LogP contribution >= 0.6 is 0 Å². The summed E-state index contributed by atoms with van der Waals surface area (Å²) in [5.41, 5.74) is 5.96. The molecule has 8 nitrogen and oxygen atoms in total. The fourth-order valence-electron chi connectivity index (χ4n) is 4.23. The van der Waals surface area contributed by atoms with Gasteiger partial charge in [0, 0.05) is 29.5 Å². The third kappa shape index (κ3) is 2.94. The zero-order valence-corrected chi connectivity index (χ0v) is 17.9. The lowest BCUT2D eigenvalue weighted by molar-refractivity contribution is -0.368. The van der Waals surface area contributed by atoms with Crippen molar-refractivity contribution in [1.82, 2.24) is 4.57 Å². The first-order chi connectivity index (χ1) is 14.6. The van der Waals surface area contributed by atoms with Crippen LogP contribution in [0.5, 0.6) is 23.0 Å². The summed E-state index contributed by atoms with van der Waals surface area (Å²) in [7, 11) is 3.04. The summed E-state index contributed by atoms with van der Waals surface area (Å²) in [4.78, 5) is 27.0. The molecule has 9 heteroatoms. The molecule has 3 aromatic rings. The fourth-order valence-corrected chi connectivity index (χ4v) is 4.23. The highest BCUT2D eigenvalue weighted by Gasteiger charge is 2.35. The summed E-state index contributed by atoms with van der Waals surface area (Å²) in [6.45, 7) is 1.24. The van der Waals surface area contributed by atoms with Gasteiger partial charge in [0.15, 0.2) is 28.8 Å². The van der Waals surface area contributed by atoms with Crippen LogP contribution in [0, 0.1) is 0 Å². The number of carbonyl (C=O) groups excluding carboxylic acids is 1. The predicted molar refractivity (Wildman–Crippen MR) is 109 cm³/mol. The molecule has 0 fully saturated rings. The topological polar surface area (TPSA) is 104 Å². The number of halogens is 1. The molecule has 0 bridgehead atoms. The van der Waals surface area contributed by atoms with E-state index in [0.717, 1.165) is 0 Å². The summed E-state index contributed by atoms with van der Waals surface area (Å²) in [6.07, 6.45) is 0.708. The van der Waals surface area contributed by atoms with Crippen LogP contribution < -0.4 is 42.6 Å². The number of fused-ring (bicyclic) bond motifs is 6. The molecule has 0 saturated heterocycles. The lowest BCUT2D eigenvalue weighted by atomic mass is 10.0. The van der Waals surface area contributed by atoms with Gasteiger partial charge >= 0.3 is 0 Å². The Morgan fingerprint density at radius 2 is 1.58 bits per heavy atom. The second kappa shape index (κ2) is 7.79. The third-order valence-corrected chi connectivity index (χ3v) is 5.65. The maximum Gasteiger partial charge on any atom is 0.259 e. The van der Waals surface area contributed by atoms with Crippen LogP contribution in [0.3, 0.4) is 0 Å². The lowest BCUT2D eigenvalue weighted by Gasteiger charge is -2.16. The minimum absolute atomic E-state index is 0. The van der Waals surface area contributed by atoms with Gasteiger partial charge in [0.25, 0.3) is 5.56 Å². The second-order valence-corrected chi connectivity index (χ2v) is 7.22. The Balaban J connectivity index is 0.00000231. The van der Waals surface area contributed by atoms with Crippen LogP contribution in [0.2, 0.25) is 0 Å². The van der Waals surface area contributed by atoms with Gasteiger partial charge in [0.2, 0.25) is 6.79 Å². The molecule has 0 atom stereocenters. The van der Waals surface area contributed by atoms with Gasteiger partial charge in [-0.15, -0.1) is 0 Å². The van der Waals surface area contributed by atoms with Crippen molar-refractivity contribution in [2.75, 3.05) is 27.6 Å². The molecule has 1 aliphatic carbocycles. The van der Waals surface area contributed by atoms with E-state index in [1.807, 2.05) is 0 Å². The van der Waals surface area contributed by atoms with Crippen molar-refractivity contribution >= 4 is 16.6 Å². The number of benzene rings is 2. The number of quaternary nitrogens is 1. The molecule has 0 saturated carbocycles. The van der Waals surface area contributed by atoms with Gasteiger partial charge < -0.3 is 41.7 Å². The quantitative estimate of drug-likeness (QED) is 0.406. The van der Waals surface area contributed by atoms with Crippen LogP contribution in [-0.2, 0) is 6.54 Å². The van der Waals surface area contributed by atoms with Gasteiger partial charge in [-0.25, -0.2) is 0 Å². The number of hydrogen-bond acceptors (Lipinski definition) is 6. The monoisotopic (exact) mass is 444 g/mol. The number of rotatable bonds is 5. The van der Waals surface area contributed by atoms with Crippen molar-refractivity contribution in [3.8, 4) is 34.3 Å². The largest absolute Gasteiger partial charge is 1.00 e. The molecule has 0 amide bonds. The molecule has 2 heterocycles. The lowest BCUT2D eigenvalue weighted by Crippen LogP contribution is -3.00. The van der Waals surface area contributed by atoms with Gasteiger partial charge in [-0.05, 0) is 24.3 Å². The minimum Gasteiger partial charge on any atom is -1.00 e. The molecule has 3 N–H and O–H groups in total. The highest BCUT2D eigenvalue weighted by Crippen LogP contribution is 2.46. The van der Waals surface area contributed by atoms with Crippen LogP contribution in [0.1, 0.15) is 22.3 Å². The van der Waals surface area contributed by atoms with E-state index in [1.54, 1.807) is 28.8 Å². The molecule has 0 radical (unpaired) electrons. The van der Waals surface area contributed by atoms with Crippen LogP contribution in [0.4, 0.5) is 0 Å². The molecule has 5 rings (SSSR count). The first-order valence-electron chi connectivity index (χ1n) is 9.69. The Hall–Kier alpha value is -3.23. The van der Waals surface area contributed by atoms with E-state index in [2.05, 4.69) is 5.73 Å². The van der Waals surface area contributed by atoms with Gasteiger partial charge in [-0.2, -0.15) is 0 Å². The third-order valence-electron chi connectivity index (χ3n) is 5.65. The Kier molecular flexibility index (Phi) is 5.28. The Morgan fingerprint density at radius 1 is 0.968 bits per heavy atom. The molecule has 2 aliphatic rings. The van der Waals surface area contributed by atoms with Gasteiger partial charge in [-0.1, -0.05) is 0 Å². The number of ether oxygens (including phenoxy) is 4. The van der Waals surface area contributed by atoms with E-state index in [1.165, 1.54) is 14.2 Å². The summed E-state index contributed by atoms with van der Waals surface area (Å²) < 4.78 is 23.4. The van der Waals surface area contributed by atoms with Crippen LogP contribution in [0.15, 0.2) is 29.1 Å². The average molecular weight is 445 g/mol. The van der Waals surface area contributed by atoms with Gasteiger partial charge in [0.05, 0.1) is 37.4 Å². The zero-order chi connectivity index (χ0) is 21.0. The van der Waals surface area contributed by atoms with Crippen LogP contribution in [0.25, 0.3) is 22.0 Å². The summed E-state index contributed by atoms with van der Waals surface area (Å²) in [6, 6.07) is 6.82. The highest BCUT2D eigenvalue weighted by atomic mass is 35.5. The van der Waals surface area contributed by atoms with Crippen molar-refractivity contribution in [3.63, 3.8) is 0 Å². The smallest absolute Gasteiger partial charge is 0.259 e. The number of hydrogen-bond donors (Lipinski definition) is 1. The molecule has 2 aromatic carbocycles. The molecule has 1 aromatic heterocycles. The number of methoxy groups -OCH3 is 2. The minimum atomic E-state index is -0.184. The predicted octanol–water partition coefficient (Wildman–Crippen LogP) is -1.41. The van der Waals surface area contributed by atoms with Crippen molar-refractivity contribution in [2.45, 2.75) is 13.0 Å². The van der Waals surface area contributed by atoms with Gasteiger partial charge in [0.1, 0.15) is 0 Å². The molecule has 162 valence electrons. The fraction of sp³-hybridized carbons (Fsp3) is 0.273. The van der Waals surface area contributed by atoms with Crippen LogP contribution in [-0.4, -0.2) is 37.9 Å². The molecular formula is C22H21ClN2O6. The Labute approximate surface area is 183 Å². The average Bonchev–Trinajstić information content (AvgIpc) is 3.33. The number of carbonyl (C=O) groups is 1. The highest BCUT2D eigenvalue weighted by molar-refractivity contribution is 6.27. The van der Waals surface area contributed by atoms with E-state index in [0.29, 0.717) is 75.7 Å². The number of pyridine rings is 1. The maximum atomic E-state index is 13.5. The molecular weight excluding hydrogens is 424 g/mol. The van der Waals surface area contributed by atoms with E-state index in [9.17, 15) is 9.59 Å². The summed E-state index contributed by atoms with van der Waals surface area (Å²) in [5, 5.41) is 0.957. The molecule has 1 aliphatic heterocycles. The standard InChI is InChI=1S/C22H20N2O6.ClH/c1-27-15-6-11-14(9-16(15)28-2)22(26)24(5-3-4-23)20-12-7-17-18(30-10-29-17)8-13(12)21(25)19(11)20;/h6-9H,3-5,10,23H2,1-2H3;1H. The van der Waals surface area contributed by atoms with Crippen molar-refractivity contribution in [2.24, 2.45) is 0 Å². The van der Waals surface area contributed by atoms with E-state index in [4.69, 9.17) is 18.9 Å². The first kappa shape index (κ1) is 21.0. The van der Waals surface area contributed by atoms with Gasteiger partial charge in [-0.3, -0.25) is 9.59 Å². The van der Waals surface area contributed by atoms with Crippen molar-refractivity contribution in [1.29, 1.82) is 0 Å². The second-order valence-electron chi connectivity index (χ2n) is 7.22.